The summed E-state index contributed by atoms with van der Waals surface area (Å²) in [6.45, 7) is 12.3. The molecule has 0 radical (unpaired) electrons. The SMILES string of the molecule is CN/C=C(\C=N)c1cc(Nc2ncc(Br)c(Nc3ccc4nccnc4c3P(C)(C)=O)n2)c(OC)cc1N1CCC2(CC1)CCN(C(C)C)CC2. The molecule has 0 amide bonds. The first kappa shape index (κ1) is 36.7. The fraction of sp³-hybridized carbons (Fsp3) is 0.432. The molecular weight excluding hydrogens is 727 g/mol. The lowest BCUT2D eigenvalue weighted by molar-refractivity contribution is 0.0632. The van der Waals surface area contributed by atoms with Crippen LogP contribution in [-0.4, -0.2) is 90.8 Å². The number of nitrogens with zero attached hydrogens (tertiary/aromatic N) is 6. The van der Waals surface area contributed by atoms with Crippen LogP contribution in [0.4, 0.5) is 28.8 Å². The monoisotopic (exact) mass is 774 g/mol. The summed E-state index contributed by atoms with van der Waals surface area (Å²) >= 11 is 3.59. The van der Waals surface area contributed by atoms with Crippen LogP contribution < -0.4 is 30.9 Å². The van der Waals surface area contributed by atoms with Crippen molar-refractivity contribution in [3.8, 4) is 5.75 Å². The quantitative estimate of drug-likeness (QED) is 0.0906. The molecule has 2 fully saturated rings. The highest BCUT2D eigenvalue weighted by atomic mass is 79.9. The number of aromatic nitrogens is 4. The van der Waals surface area contributed by atoms with Crippen LogP contribution in [-0.2, 0) is 4.57 Å². The van der Waals surface area contributed by atoms with Crippen LogP contribution in [0.5, 0.6) is 5.75 Å². The van der Waals surface area contributed by atoms with Gasteiger partial charge in [0.15, 0.2) is 0 Å². The molecule has 12 nitrogen and oxygen atoms in total. The Hall–Kier alpha value is -4.06. The van der Waals surface area contributed by atoms with E-state index in [1.807, 2.05) is 31.4 Å². The zero-order valence-electron chi connectivity index (χ0n) is 30.3. The second kappa shape index (κ2) is 15.3. The Kier molecular flexibility index (Phi) is 11.0. The molecule has 2 aliphatic rings. The Bertz CT molecular complexity index is 1980. The number of benzene rings is 2. The van der Waals surface area contributed by atoms with Gasteiger partial charge in [-0.15, -0.1) is 0 Å². The summed E-state index contributed by atoms with van der Waals surface area (Å²) < 4.78 is 20.1. The lowest BCUT2D eigenvalue weighted by Crippen LogP contribution is -2.48. The normalized spacial score (nSPS) is 16.8. The van der Waals surface area contributed by atoms with E-state index in [0.717, 1.165) is 42.8 Å². The summed E-state index contributed by atoms with van der Waals surface area (Å²) in [5.41, 5.74) is 5.65. The molecule has 0 unspecified atom stereocenters. The van der Waals surface area contributed by atoms with Gasteiger partial charge in [-0.3, -0.25) is 9.97 Å². The lowest BCUT2D eigenvalue weighted by Gasteiger charge is -2.48. The van der Waals surface area contributed by atoms with Gasteiger partial charge < -0.3 is 40.5 Å². The minimum absolute atomic E-state index is 0.331. The average Bonchev–Trinajstić information content (AvgIpc) is 3.12. The summed E-state index contributed by atoms with van der Waals surface area (Å²) in [7, 11) is 0.722. The van der Waals surface area contributed by atoms with E-state index in [0.29, 0.717) is 61.2 Å². The predicted octanol–water partition coefficient (Wildman–Crippen LogP) is 7.23. The zero-order valence-corrected chi connectivity index (χ0v) is 32.7. The summed E-state index contributed by atoms with van der Waals surface area (Å²) in [4.78, 5) is 23.3. The van der Waals surface area contributed by atoms with E-state index < -0.39 is 7.14 Å². The maximum Gasteiger partial charge on any atom is 0.229 e. The minimum atomic E-state index is -2.78. The number of nitrogens with one attached hydrogen (secondary N) is 4. The molecule has 2 aromatic carbocycles. The Morgan fingerprint density at radius 2 is 1.73 bits per heavy atom. The molecule has 270 valence electrons. The largest absolute Gasteiger partial charge is 0.494 e. The van der Waals surface area contributed by atoms with Gasteiger partial charge in [-0.05, 0) is 105 Å². The van der Waals surface area contributed by atoms with E-state index in [1.54, 1.807) is 39.0 Å². The van der Waals surface area contributed by atoms with E-state index in [1.165, 1.54) is 32.1 Å². The first-order valence-electron chi connectivity index (χ1n) is 17.4. The van der Waals surface area contributed by atoms with Gasteiger partial charge in [-0.2, -0.15) is 4.98 Å². The number of hydrogen-bond acceptors (Lipinski definition) is 12. The van der Waals surface area contributed by atoms with Gasteiger partial charge in [0.05, 0.1) is 33.8 Å². The highest BCUT2D eigenvalue weighted by Crippen LogP contribution is 2.45. The molecule has 0 atom stereocenters. The number of ether oxygens (including phenoxy) is 1. The summed E-state index contributed by atoms with van der Waals surface area (Å²) in [6.07, 6.45) is 12.9. The van der Waals surface area contributed by atoms with Gasteiger partial charge in [0.1, 0.15) is 24.2 Å². The van der Waals surface area contributed by atoms with Gasteiger partial charge >= 0.3 is 0 Å². The molecule has 2 saturated heterocycles. The number of hydrogen-bond donors (Lipinski definition) is 4. The Morgan fingerprint density at radius 1 is 1.02 bits per heavy atom. The van der Waals surface area contributed by atoms with Crippen molar-refractivity contribution in [3.05, 3.63) is 59.1 Å². The van der Waals surface area contributed by atoms with Gasteiger partial charge in [0.2, 0.25) is 5.95 Å². The molecular formula is C37H48BrN10O2P. The van der Waals surface area contributed by atoms with Gasteiger partial charge in [0.25, 0.3) is 0 Å². The Balaban J connectivity index is 1.30. The molecule has 51 heavy (non-hydrogen) atoms. The maximum absolute atomic E-state index is 13.5. The number of piperidine rings is 2. The number of anilines is 5. The molecule has 1 spiro atoms. The fourth-order valence-corrected chi connectivity index (χ4v) is 9.03. The van der Waals surface area contributed by atoms with Crippen molar-refractivity contribution < 1.29 is 9.30 Å². The molecule has 2 aromatic heterocycles. The minimum Gasteiger partial charge on any atom is -0.494 e. The Labute approximate surface area is 308 Å². The lowest BCUT2D eigenvalue weighted by atomic mass is 9.71. The van der Waals surface area contributed by atoms with E-state index in [4.69, 9.17) is 15.1 Å². The van der Waals surface area contributed by atoms with Crippen molar-refractivity contribution in [2.75, 3.05) is 69.2 Å². The molecule has 0 aliphatic carbocycles. The molecule has 2 aliphatic heterocycles. The average molecular weight is 776 g/mol. The zero-order chi connectivity index (χ0) is 36.3. The molecule has 4 aromatic rings. The third-order valence-electron chi connectivity index (χ3n) is 10.2. The highest BCUT2D eigenvalue weighted by molar-refractivity contribution is 9.10. The number of allylic oxidation sites excluding steroid dienone is 1. The first-order valence-corrected chi connectivity index (χ1v) is 20.8. The van der Waals surface area contributed by atoms with Crippen molar-refractivity contribution in [2.24, 2.45) is 5.41 Å². The standard InChI is InChI=1S/C37H48BrN10O2P/c1-24(2)47-15-9-37(10-16-47)11-17-48(18-12-37)31-20-32(50-4)30(19-26(31)25(21-39)22-40-3)45-36-43-23-27(38)35(46-36)44-29-8-7-28-33(42-14-13-41-28)34(29)51(5,6)49/h7-8,13-14,19-24,39-40H,9-12,15-18H2,1-6H3,(H2,43,44,45,46)/b25-22+,39-21?. The first-order chi connectivity index (χ1) is 24.4. The molecule has 4 N–H and O–H groups in total. The third-order valence-corrected chi connectivity index (χ3v) is 12.3. The molecule has 0 saturated carbocycles. The summed E-state index contributed by atoms with van der Waals surface area (Å²) in [5, 5.41) is 18.8. The van der Waals surface area contributed by atoms with E-state index in [9.17, 15) is 4.57 Å². The predicted molar refractivity (Wildman–Crippen MR) is 214 cm³/mol. The second-order valence-corrected chi connectivity index (χ2v) is 18.1. The van der Waals surface area contributed by atoms with Crippen molar-refractivity contribution in [1.29, 1.82) is 5.41 Å². The van der Waals surface area contributed by atoms with Crippen LogP contribution in [0.15, 0.2) is 53.5 Å². The number of methoxy groups -OCH3 is 1. The van der Waals surface area contributed by atoms with Crippen LogP contribution in [0.1, 0.15) is 45.1 Å². The summed E-state index contributed by atoms with van der Waals surface area (Å²) in [6, 6.07) is 8.37. The highest BCUT2D eigenvalue weighted by Gasteiger charge is 2.38. The molecule has 0 bridgehead atoms. The number of likely N-dealkylation sites (tertiary alicyclic amines) is 1. The van der Waals surface area contributed by atoms with Crippen molar-refractivity contribution >= 4 is 80.0 Å². The van der Waals surface area contributed by atoms with Crippen LogP contribution in [0.2, 0.25) is 0 Å². The number of rotatable bonds is 11. The number of halogens is 1. The second-order valence-electron chi connectivity index (χ2n) is 14.1. The van der Waals surface area contributed by atoms with Crippen LogP contribution in [0.25, 0.3) is 16.6 Å². The number of fused-ring (bicyclic) bond motifs is 1. The molecule has 6 rings (SSSR count). The van der Waals surface area contributed by atoms with E-state index >= 15 is 0 Å². The van der Waals surface area contributed by atoms with Crippen LogP contribution in [0, 0.1) is 10.8 Å². The van der Waals surface area contributed by atoms with Crippen molar-refractivity contribution in [3.63, 3.8) is 0 Å². The van der Waals surface area contributed by atoms with Gasteiger partial charge in [-0.1, -0.05) is 0 Å². The van der Waals surface area contributed by atoms with Crippen molar-refractivity contribution in [1.82, 2.24) is 30.2 Å². The molecule has 4 heterocycles. The Morgan fingerprint density at radius 3 is 2.37 bits per heavy atom. The fourth-order valence-electron chi connectivity index (χ4n) is 7.35. The van der Waals surface area contributed by atoms with Gasteiger partial charge in [0, 0.05) is 80.1 Å². The summed E-state index contributed by atoms with van der Waals surface area (Å²) in [5.74, 6) is 1.46. The van der Waals surface area contributed by atoms with Crippen LogP contribution >= 0.6 is 23.1 Å². The third kappa shape index (κ3) is 7.90. The smallest absolute Gasteiger partial charge is 0.229 e. The van der Waals surface area contributed by atoms with Crippen molar-refractivity contribution in [2.45, 2.75) is 45.6 Å². The van der Waals surface area contributed by atoms with E-state index in [2.05, 4.69) is 76.5 Å². The van der Waals surface area contributed by atoms with Crippen LogP contribution in [0.3, 0.4) is 0 Å². The van der Waals surface area contributed by atoms with Gasteiger partial charge in [-0.25, -0.2) is 4.98 Å². The maximum atomic E-state index is 13.5. The topological polar surface area (TPSA) is 144 Å². The molecule has 14 heteroatoms. The van der Waals surface area contributed by atoms with E-state index in [-0.39, 0.29) is 0 Å².